The number of aromatic nitrogens is 1. The van der Waals surface area contributed by atoms with Gasteiger partial charge in [-0.1, -0.05) is 6.07 Å². The summed E-state index contributed by atoms with van der Waals surface area (Å²) in [6, 6.07) is 5.52. The topological polar surface area (TPSA) is 65.6 Å². The molecule has 0 unspecified atom stereocenters. The number of hydrogen-bond donors (Lipinski definition) is 1. The number of carbonyl (C=O) groups excluding carboxylic acids is 2. The Morgan fingerprint density at radius 2 is 1.91 bits per heavy atom. The number of nitrogens with zero attached hydrogens (tertiary/aromatic N) is 2. The van der Waals surface area contributed by atoms with Crippen LogP contribution in [0.15, 0.2) is 24.4 Å². The minimum Gasteiger partial charge on any atom is -0.425 e. The number of ether oxygens (including phenoxy) is 1. The van der Waals surface area contributed by atoms with Crippen molar-refractivity contribution in [2.45, 2.75) is 12.8 Å². The number of H-pyrrole nitrogens is 1. The summed E-state index contributed by atoms with van der Waals surface area (Å²) in [5, 5.41) is 0.903. The molecule has 1 heterocycles. The Labute approximate surface area is 136 Å². The van der Waals surface area contributed by atoms with Crippen LogP contribution in [0, 0.1) is 0 Å². The van der Waals surface area contributed by atoms with Gasteiger partial charge in [0.25, 0.3) is 0 Å². The standard InChI is InChI=1S/C17H23N3O3/c1-19(2)9-8-12-11-18-13-6-5-7-14(17(12)13)23-16(22)10-15(21)20(3)4/h5-7,11,18H,8-10H2,1-4H3. The van der Waals surface area contributed by atoms with E-state index in [1.165, 1.54) is 4.90 Å². The van der Waals surface area contributed by atoms with Crippen LogP contribution in [0.3, 0.4) is 0 Å². The van der Waals surface area contributed by atoms with E-state index in [1.54, 1.807) is 20.2 Å². The first-order valence-electron chi connectivity index (χ1n) is 7.53. The fourth-order valence-corrected chi connectivity index (χ4v) is 2.29. The molecule has 0 spiro atoms. The largest absolute Gasteiger partial charge is 0.425 e. The summed E-state index contributed by atoms with van der Waals surface area (Å²) in [5.41, 5.74) is 2.01. The molecular weight excluding hydrogens is 294 g/mol. The molecule has 2 aromatic rings. The van der Waals surface area contributed by atoms with Gasteiger partial charge in [-0.05, 0) is 38.2 Å². The van der Waals surface area contributed by atoms with E-state index in [9.17, 15) is 9.59 Å². The third-order valence-electron chi connectivity index (χ3n) is 3.60. The zero-order valence-corrected chi connectivity index (χ0v) is 14.0. The normalized spacial score (nSPS) is 11.0. The van der Waals surface area contributed by atoms with E-state index in [2.05, 4.69) is 9.88 Å². The molecule has 0 aliphatic carbocycles. The van der Waals surface area contributed by atoms with Crippen molar-refractivity contribution in [2.75, 3.05) is 34.7 Å². The second-order valence-electron chi connectivity index (χ2n) is 5.98. The Balaban J connectivity index is 2.21. The molecular formula is C17H23N3O3. The van der Waals surface area contributed by atoms with Crippen molar-refractivity contribution in [3.63, 3.8) is 0 Å². The number of likely N-dealkylation sites (N-methyl/N-ethyl adjacent to an activating group) is 1. The number of hydrogen-bond acceptors (Lipinski definition) is 4. The number of rotatable bonds is 6. The molecule has 0 saturated heterocycles. The van der Waals surface area contributed by atoms with Gasteiger partial charge in [0.1, 0.15) is 12.2 Å². The van der Waals surface area contributed by atoms with Crippen LogP contribution in [0.4, 0.5) is 0 Å². The molecule has 124 valence electrons. The van der Waals surface area contributed by atoms with E-state index >= 15 is 0 Å². The molecule has 0 fully saturated rings. The minimum atomic E-state index is -0.545. The Bertz CT molecular complexity index is 704. The van der Waals surface area contributed by atoms with Crippen molar-refractivity contribution in [2.24, 2.45) is 0 Å². The third kappa shape index (κ3) is 4.32. The molecule has 1 aromatic heterocycles. The van der Waals surface area contributed by atoms with Crippen LogP contribution in [0.2, 0.25) is 0 Å². The summed E-state index contributed by atoms with van der Waals surface area (Å²) in [6.45, 7) is 0.897. The smallest absolute Gasteiger partial charge is 0.320 e. The Morgan fingerprint density at radius 3 is 2.57 bits per heavy atom. The van der Waals surface area contributed by atoms with Gasteiger partial charge in [-0.2, -0.15) is 0 Å². The second kappa shape index (κ2) is 7.28. The fourth-order valence-electron chi connectivity index (χ4n) is 2.29. The van der Waals surface area contributed by atoms with Crippen molar-refractivity contribution in [3.05, 3.63) is 30.0 Å². The van der Waals surface area contributed by atoms with E-state index in [1.807, 2.05) is 32.4 Å². The lowest BCUT2D eigenvalue weighted by atomic mass is 10.1. The first kappa shape index (κ1) is 17.0. The van der Waals surface area contributed by atoms with Crippen LogP contribution in [-0.4, -0.2) is 61.4 Å². The van der Waals surface area contributed by atoms with Crippen molar-refractivity contribution in [3.8, 4) is 5.75 Å². The summed E-state index contributed by atoms with van der Waals surface area (Å²) in [5.74, 6) is -0.325. The molecule has 0 atom stereocenters. The first-order chi connectivity index (χ1) is 10.9. The molecule has 0 bridgehead atoms. The highest BCUT2D eigenvalue weighted by molar-refractivity contribution is 5.97. The van der Waals surface area contributed by atoms with Gasteiger partial charge in [0.2, 0.25) is 5.91 Å². The van der Waals surface area contributed by atoms with E-state index in [0.717, 1.165) is 29.4 Å². The highest BCUT2D eigenvalue weighted by Crippen LogP contribution is 2.29. The first-order valence-corrected chi connectivity index (χ1v) is 7.53. The van der Waals surface area contributed by atoms with Gasteiger partial charge >= 0.3 is 5.97 Å². The van der Waals surface area contributed by atoms with Crippen LogP contribution >= 0.6 is 0 Å². The van der Waals surface area contributed by atoms with Gasteiger partial charge in [-0.25, -0.2) is 0 Å². The van der Waals surface area contributed by atoms with Crippen LogP contribution in [-0.2, 0) is 16.0 Å². The molecule has 23 heavy (non-hydrogen) atoms. The maximum absolute atomic E-state index is 12.0. The van der Waals surface area contributed by atoms with Gasteiger partial charge in [0.05, 0.1) is 0 Å². The summed E-state index contributed by atoms with van der Waals surface area (Å²) in [7, 11) is 7.26. The van der Waals surface area contributed by atoms with Crippen LogP contribution in [0.25, 0.3) is 10.9 Å². The molecule has 6 nitrogen and oxygen atoms in total. The SMILES string of the molecule is CN(C)CCc1c[nH]c2cccc(OC(=O)CC(=O)N(C)C)c12. The van der Waals surface area contributed by atoms with Crippen LogP contribution in [0.5, 0.6) is 5.75 Å². The minimum absolute atomic E-state index is 0.263. The number of carbonyl (C=O) groups is 2. The Morgan fingerprint density at radius 1 is 1.17 bits per heavy atom. The van der Waals surface area contributed by atoms with E-state index in [4.69, 9.17) is 4.74 Å². The summed E-state index contributed by atoms with van der Waals surface area (Å²) < 4.78 is 5.43. The molecule has 1 N–H and O–H groups in total. The van der Waals surface area contributed by atoms with Gasteiger partial charge < -0.3 is 19.5 Å². The lowest BCUT2D eigenvalue weighted by Crippen LogP contribution is -2.26. The Hall–Kier alpha value is -2.34. The summed E-state index contributed by atoms with van der Waals surface area (Å²) in [6.07, 6.45) is 2.52. The van der Waals surface area contributed by atoms with E-state index in [0.29, 0.717) is 5.75 Å². The molecule has 0 aliphatic rings. The Kier molecular flexibility index (Phi) is 5.39. The number of fused-ring (bicyclic) bond motifs is 1. The lowest BCUT2D eigenvalue weighted by Gasteiger charge is -2.12. The van der Waals surface area contributed by atoms with Crippen molar-refractivity contribution in [1.29, 1.82) is 0 Å². The molecule has 1 amide bonds. The maximum Gasteiger partial charge on any atom is 0.320 e. The van der Waals surface area contributed by atoms with Gasteiger partial charge in [-0.15, -0.1) is 0 Å². The summed E-state index contributed by atoms with van der Waals surface area (Å²) in [4.78, 5) is 30.3. The molecule has 0 aliphatic heterocycles. The van der Waals surface area contributed by atoms with E-state index < -0.39 is 5.97 Å². The van der Waals surface area contributed by atoms with Crippen molar-refractivity contribution >= 4 is 22.8 Å². The average Bonchev–Trinajstić information content (AvgIpc) is 2.89. The highest BCUT2D eigenvalue weighted by Gasteiger charge is 2.16. The maximum atomic E-state index is 12.0. The molecule has 6 heteroatoms. The molecule has 1 aromatic carbocycles. The van der Waals surface area contributed by atoms with Gasteiger partial charge in [0, 0.05) is 37.7 Å². The van der Waals surface area contributed by atoms with Crippen LogP contribution in [0.1, 0.15) is 12.0 Å². The monoisotopic (exact) mass is 317 g/mol. The highest BCUT2D eigenvalue weighted by atomic mass is 16.5. The number of esters is 1. The average molecular weight is 317 g/mol. The number of benzene rings is 1. The predicted octanol–water partition coefficient (Wildman–Crippen LogP) is 1.66. The van der Waals surface area contributed by atoms with Crippen molar-refractivity contribution < 1.29 is 14.3 Å². The number of nitrogens with one attached hydrogen (secondary N) is 1. The predicted molar refractivity (Wildman–Crippen MR) is 89.5 cm³/mol. The quantitative estimate of drug-likeness (QED) is 0.500. The van der Waals surface area contributed by atoms with Gasteiger partial charge in [-0.3, -0.25) is 9.59 Å². The third-order valence-corrected chi connectivity index (χ3v) is 3.60. The second-order valence-corrected chi connectivity index (χ2v) is 5.98. The van der Waals surface area contributed by atoms with Gasteiger partial charge in [0.15, 0.2) is 0 Å². The molecule has 2 rings (SSSR count). The van der Waals surface area contributed by atoms with E-state index in [-0.39, 0.29) is 12.3 Å². The summed E-state index contributed by atoms with van der Waals surface area (Å²) >= 11 is 0. The zero-order chi connectivity index (χ0) is 17.0. The number of amides is 1. The lowest BCUT2D eigenvalue weighted by molar-refractivity contribution is -0.141. The van der Waals surface area contributed by atoms with Crippen molar-refractivity contribution in [1.82, 2.24) is 14.8 Å². The zero-order valence-electron chi connectivity index (χ0n) is 14.0. The molecule has 0 saturated carbocycles. The van der Waals surface area contributed by atoms with Crippen LogP contribution < -0.4 is 4.74 Å². The number of aromatic amines is 1. The fraction of sp³-hybridized carbons (Fsp3) is 0.412. The molecule has 0 radical (unpaired) electrons.